The molecule has 0 radical (unpaired) electrons. The monoisotopic (exact) mass is 325 g/mol. The van der Waals surface area contributed by atoms with Gasteiger partial charge in [0.1, 0.15) is 0 Å². The van der Waals surface area contributed by atoms with E-state index in [0.29, 0.717) is 18.0 Å². The van der Waals surface area contributed by atoms with Gasteiger partial charge in [0.05, 0.1) is 23.8 Å². The van der Waals surface area contributed by atoms with Crippen LogP contribution in [0.2, 0.25) is 0 Å². The molecule has 2 atom stereocenters. The highest BCUT2D eigenvalue weighted by Gasteiger charge is 2.56. The number of aromatic nitrogens is 3. The minimum absolute atomic E-state index is 0.481. The second-order valence-corrected chi connectivity index (χ2v) is 7.41. The predicted molar refractivity (Wildman–Crippen MR) is 94.7 cm³/mol. The van der Waals surface area contributed by atoms with Crippen molar-refractivity contribution in [2.75, 3.05) is 9.80 Å². The summed E-state index contributed by atoms with van der Waals surface area (Å²) in [6.07, 6.45) is 14.1. The van der Waals surface area contributed by atoms with Crippen molar-refractivity contribution < 1.29 is 0 Å². The molecular weight excluding hydrogens is 310 g/mol. The van der Waals surface area contributed by atoms with Crippen LogP contribution in [0.5, 0.6) is 0 Å². The maximum absolute atomic E-state index is 4.61. The van der Waals surface area contributed by atoms with Gasteiger partial charge in [-0.3, -0.25) is 15.0 Å². The SMILES string of the molecule is c1cc2c(cn1)CC1C3c4c(cncc4N4c5ccncc5CC34)N21. The summed E-state index contributed by atoms with van der Waals surface area (Å²) in [7, 11) is 0. The van der Waals surface area contributed by atoms with Crippen LogP contribution in [0.3, 0.4) is 0 Å². The molecule has 0 bridgehead atoms. The van der Waals surface area contributed by atoms with Crippen molar-refractivity contribution in [2.24, 2.45) is 0 Å². The number of fused-ring (bicyclic) bond motifs is 10. The zero-order chi connectivity index (χ0) is 16.1. The Labute approximate surface area is 145 Å². The van der Waals surface area contributed by atoms with Crippen LogP contribution in [0.1, 0.15) is 22.6 Å². The lowest BCUT2D eigenvalue weighted by atomic mass is 9.87. The Hall–Kier alpha value is -2.95. The van der Waals surface area contributed by atoms with Crippen LogP contribution in [0.4, 0.5) is 22.7 Å². The summed E-state index contributed by atoms with van der Waals surface area (Å²) in [5, 5.41) is 0. The lowest BCUT2D eigenvalue weighted by Gasteiger charge is -2.30. The first kappa shape index (κ1) is 12.4. The number of rotatable bonds is 0. The normalized spacial score (nSPS) is 26.3. The van der Waals surface area contributed by atoms with Crippen LogP contribution in [0.25, 0.3) is 0 Å². The Morgan fingerprint density at radius 2 is 1.24 bits per heavy atom. The fourth-order valence-electron chi connectivity index (χ4n) is 5.62. The highest BCUT2D eigenvalue weighted by molar-refractivity contribution is 5.89. The Morgan fingerprint density at radius 1 is 0.680 bits per heavy atom. The minimum atomic E-state index is 0.481. The van der Waals surface area contributed by atoms with Crippen LogP contribution >= 0.6 is 0 Å². The van der Waals surface area contributed by atoms with E-state index < -0.39 is 0 Å². The van der Waals surface area contributed by atoms with E-state index in [-0.39, 0.29) is 0 Å². The number of anilines is 4. The van der Waals surface area contributed by atoms with Gasteiger partial charge in [-0.05, 0) is 36.1 Å². The van der Waals surface area contributed by atoms with Gasteiger partial charge in [0, 0.05) is 59.7 Å². The Balaban J connectivity index is 1.48. The third-order valence-electron chi connectivity index (χ3n) is 6.42. The third-order valence-corrected chi connectivity index (χ3v) is 6.42. The van der Waals surface area contributed by atoms with Crippen LogP contribution in [-0.2, 0) is 12.8 Å². The smallest absolute Gasteiger partial charge is 0.0658 e. The molecule has 5 heteroatoms. The van der Waals surface area contributed by atoms with Gasteiger partial charge in [-0.25, -0.2) is 0 Å². The van der Waals surface area contributed by atoms with Gasteiger partial charge in [0.25, 0.3) is 0 Å². The molecule has 25 heavy (non-hydrogen) atoms. The molecule has 2 unspecified atom stereocenters. The highest BCUT2D eigenvalue weighted by Crippen LogP contribution is 2.62. The van der Waals surface area contributed by atoms with E-state index in [0.717, 1.165) is 12.8 Å². The van der Waals surface area contributed by atoms with Gasteiger partial charge in [-0.15, -0.1) is 0 Å². The first-order valence-electron chi connectivity index (χ1n) is 8.84. The molecule has 4 aliphatic rings. The molecular formula is C20H15N5. The third kappa shape index (κ3) is 1.29. The second-order valence-electron chi connectivity index (χ2n) is 7.41. The van der Waals surface area contributed by atoms with E-state index in [4.69, 9.17) is 0 Å². The first-order chi connectivity index (χ1) is 12.4. The molecule has 3 aromatic rings. The number of pyridine rings is 3. The van der Waals surface area contributed by atoms with E-state index in [1.807, 2.05) is 24.8 Å². The van der Waals surface area contributed by atoms with Crippen LogP contribution in [0.15, 0.2) is 49.3 Å². The van der Waals surface area contributed by atoms with Gasteiger partial charge in [0.2, 0.25) is 0 Å². The van der Waals surface area contributed by atoms with Crippen molar-refractivity contribution in [3.05, 3.63) is 66.0 Å². The summed E-state index contributed by atoms with van der Waals surface area (Å²) in [6, 6.07) is 5.27. The summed E-state index contributed by atoms with van der Waals surface area (Å²) in [5.41, 5.74) is 9.43. The molecule has 0 N–H and O–H groups in total. The lowest BCUT2D eigenvalue weighted by Crippen LogP contribution is -2.37. The highest BCUT2D eigenvalue weighted by atomic mass is 15.3. The summed E-state index contributed by atoms with van der Waals surface area (Å²) < 4.78 is 0. The van der Waals surface area contributed by atoms with Crippen LogP contribution < -0.4 is 9.80 Å². The quantitative estimate of drug-likeness (QED) is 0.635. The lowest BCUT2D eigenvalue weighted by molar-refractivity contribution is 0.503. The van der Waals surface area contributed by atoms with Crippen molar-refractivity contribution in [1.82, 2.24) is 15.0 Å². The maximum atomic E-state index is 4.61. The van der Waals surface area contributed by atoms with E-state index in [1.165, 1.54) is 39.4 Å². The zero-order valence-electron chi connectivity index (χ0n) is 13.5. The van der Waals surface area contributed by atoms with Gasteiger partial charge in [-0.2, -0.15) is 0 Å². The first-order valence-corrected chi connectivity index (χ1v) is 8.84. The molecule has 7 rings (SSSR count). The van der Waals surface area contributed by atoms with Crippen LogP contribution in [-0.4, -0.2) is 27.0 Å². The molecule has 0 amide bonds. The molecule has 0 saturated heterocycles. The fraction of sp³-hybridized carbons (Fsp3) is 0.250. The summed E-state index contributed by atoms with van der Waals surface area (Å²) >= 11 is 0. The summed E-state index contributed by atoms with van der Waals surface area (Å²) in [5.74, 6) is 0.521. The van der Waals surface area contributed by atoms with Crippen molar-refractivity contribution >= 4 is 22.7 Å². The second kappa shape index (κ2) is 3.99. The summed E-state index contributed by atoms with van der Waals surface area (Å²) in [6.45, 7) is 0. The minimum Gasteiger partial charge on any atom is -0.335 e. The molecule has 4 aliphatic heterocycles. The number of hydrogen-bond acceptors (Lipinski definition) is 5. The van der Waals surface area contributed by atoms with Crippen molar-refractivity contribution in [3.8, 4) is 0 Å². The van der Waals surface area contributed by atoms with E-state index in [9.17, 15) is 0 Å². The zero-order valence-corrected chi connectivity index (χ0v) is 13.5. The Morgan fingerprint density at radius 3 is 1.80 bits per heavy atom. The fourth-order valence-corrected chi connectivity index (χ4v) is 5.62. The molecule has 120 valence electrons. The van der Waals surface area contributed by atoms with Crippen molar-refractivity contribution in [1.29, 1.82) is 0 Å². The maximum Gasteiger partial charge on any atom is 0.0658 e. The van der Waals surface area contributed by atoms with Crippen LogP contribution in [0, 0.1) is 0 Å². The van der Waals surface area contributed by atoms with E-state index >= 15 is 0 Å². The molecule has 0 fully saturated rings. The molecule has 0 saturated carbocycles. The molecule has 0 aliphatic carbocycles. The van der Waals surface area contributed by atoms with Crippen molar-refractivity contribution in [3.63, 3.8) is 0 Å². The molecule has 5 nitrogen and oxygen atoms in total. The van der Waals surface area contributed by atoms with Gasteiger partial charge in [-0.1, -0.05) is 0 Å². The average Bonchev–Trinajstić information content (AvgIpc) is 3.35. The summed E-state index contributed by atoms with van der Waals surface area (Å²) in [4.78, 5) is 18.3. The Bertz CT molecular complexity index is 982. The largest absolute Gasteiger partial charge is 0.335 e. The predicted octanol–water partition coefficient (Wildman–Crippen LogP) is 3.11. The van der Waals surface area contributed by atoms with E-state index in [2.05, 4.69) is 49.3 Å². The van der Waals surface area contributed by atoms with E-state index in [1.54, 1.807) is 0 Å². The molecule has 7 heterocycles. The topological polar surface area (TPSA) is 45.2 Å². The standard InChI is InChI=1S/C20H15N5/c1-3-21-7-11-5-15-19-16-6-12-8-22-4-2-14(12)25(16)18-10-23-9-17(20(18)19)24(15)13(1)11/h1-4,7-10,15-16,19H,5-6H2. The Kier molecular flexibility index (Phi) is 1.98. The molecule has 3 aromatic heterocycles. The average molecular weight is 325 g/mol. The van der Waals surface area contributed by atoms with Gasteiger partial charge in [0.15, 0.2) is 0 Å². The van der Waals surface area contributed by atoms with Crippen molar-refractivity contribution in [2.45, 2.75) is 30.8 Å². The van der Waals surface area contributed by atoms with Gasteiger partial charge < -0.3 is 9.80 Å². The number of nitrogens with zero attached hydrogens (tertiary/aromatic N) is 5. The van der Waals surface area contributed by atoms with Gasteiger partial charge >= 0.3 is 0 Å². The molecule has 0 spiro atoms. The number of hydrogen-bond donors (Lipinski definition) is 0. The molecule has 0 aromatic carbocycles.